The molecule has 586 valence electrons. The van der Waals surface area contributed by atoms with E-state index in [1.165, 1.54) is 82.0 Å². The van der Waals surface area contributed by atoms with Crippen LogP contribution >= 0.6 is 69.7 Å². The van der Waals surface area contributed by atoms with Crippen molar-refractivity contribution in [3.63, 3.8) is 0 Å². The van der Waals surface area contributed by atoms with Crippen LogP contribution in [0, 0.1) is 0 Å². The molecule has 5 aromatic heterocycles. The van der Waals surface area contributed by atoms with Gasteiger partial charge in [-0.3, -0.25) is 20.6 Å². The number of allylic oxidation sites excluding steroid dienone is 1. The van der Waals surface area contributed by atoms with Crippen molar-refractivity contribution in [3.05, 3.63) is 172 Å². The van der Waals surface area contributed by atoms with Gasteiger partial charge in [-0.05, 0) is 72.9 Å². The number of carboxylic acids is 1. The molecule has 13 bridgehead atoms. The van der Waals surface area contributed by atoms with Crippen molar-refractivity contribution in [2.24, 2.45) is 54.9 Å². The second kappa shape index (κ2) is 34.2. The van der Waals surface area contributed by atoms with Gasteiger partial charge in [-0.1, -0.05) is 51.1 Å². The maximum Gasteiger partial charge on any atom is 0.357 e. The van der Waals surface area contributed by atoms with Gasteiger partial charge in [0.25, 0.3) is 0 Å². The molecule has 42 heteroatoms. The molecule has 4 aliphatic heterocycles. The number of aromatic nitrogens is 5. The van der Waals surface area contributed by atoms with Crippen LogP contribution in [0.4, 0.5) is 0 Å². The number of carbonyl (C=O) groups is 2. The first kappa shape index (κ1) is 83.3. The zero-order valence-electron chi connectivity index (χ0n) is 59.9. The van der Waals surface area contributed by atoms with E-state index < -0.39 is 189 Å². The van der Waals surface area contributed by atoms with Gasteiger partial charge in [0.15, 0.2) is 6.04 Å². The number of nitrogens with zero attached hydrogens (tertiary/aromatic N) is 16. The van der Waals surface area contributed by atoms with Crippen molar-refractivity contribution < 1.29 is 90.9 Å². The van der Waals surface area contributed by atoms with E-state index in [2.05, 4.69) is 98.4 Å². The average molecular weight is 1640 g/mol. The molecule has 0 aromatic carbocycles. The molecule has 5 aromatic rings. The van der Waals surface area contributed by atoms with Gasteiger partial charge in [0, 0.05) is 32.8 Å². The number of carbonyl (C=O) groups excluding carboxylic acids is 1. The van der Waals surface area contributed by atoms with Crippen LogP contribution in [0.3, 0.4) is 0 Å². The number of hydrogen-bond donors (Lipinski definition) is 18. The van der Waals surface area contributed by atoms with Crippen LogP contribution in [-0.2, 0) is 15.1 Å². The molecule has 0 radical (unpaired) electrons. The second-order valence-corrected chi connectivity index (χ2v) is 30.7. The molecule has 17 N–H and O–H groups in total. The van der Waals surface area contributed by atoms with Crippen molar-refractivity contribution in [3.8, 4) is 0 Å². The lowest BCUT2D eigenvalue weighted by atomic mass is 9.79. The summed E-state index contributed by atoms with van der Waals surface area (Å²) in [5, 5.41) is 183. The number of nitrogens with one attached hydrogen (secondary N) is 2. The first-order chi connectivity index (χ1) is 52.3. The number of aliphatic imine (C=N–C) groups is 11. The van der Waals surface area contributed by atoms with Gasteiger partial charge in [0.2, 0.25) is 53.1 Å². The van der Waals surface area contributed by atoms with Gasteiger partial charge in [-0.25, -0.2) is 79.4 Å². The molecule has 0 amide bonds. The summed E-state index contributed by atoms with van der Waals surface area (Å²) in [5.41, 5.74) is -7.95. The number of thiazole rings is 4. The average Bonchev–Trinajstić information content (AvgIpc) is 1.69. The molecule has 0 unspecified atom stereocenters. The molecule has 1 aliphatic carbocycles. The fourth-order valence-electron chi connectivity index (χ4n) is 11.4. The number of carboxylic acid groups (broad SMARTS) is 1. The largest absolute Gasteiger partial charge is 0.495 e. The number of aliphatic hydroxyl groups excluding tert-OH is 13. The number of piperidine rings is 1. The zero-order valence-corrected chi connectivity index (χ0v) is 64.8. The highest BCUT2D eigenvalue weighted by Gasteiger charge is 2.51. The van der Waals surface area contributed by atoms with Gasteiger partial charge in [0.05, 0.1) is 59.6 Å². The van der Waals surface area contributed by atoms with Gasteiger partial charge >= 0.3 is 11.9 Å². The van der Waals surface area contributed by atoms with Crippen molar-refractivity contribution in [1.29, 1.82) is 0 Å². The Balaban J connectivity index is 1.23. The first-order valence-corrected chi connectivity index (χ1v) is 38.3. The van der Waals surface area contributed by atoms with E-state index >= 15 is 0 Å². The van der Waals surface area contributed by atoms with Crippen LogP contribution in [0.2, 0.25) is 0 Å². The fraction of sp³-hybridized carbons (Fsp3) is 0.362. The maximum atomic E-state index is 15.0. The molecule has 1 saturated heterocycles. The molecule has 111 heavy (non-hydrogen) atoms. The van der Waals surface area contributed by atoms with E-state index in [1.54, 1.807) is 12.3 Å². The first-order valence-electron chi connectivity index (χ1n) is 33.4. The Morgan fingerprint density at radius 3 is 2.09 bits per heavy atom. The third-order valence-corrected chi connectivity index (χ3v) is 22.9. The van der Waals surface area contributed by atoms with Gasteiger partial charge in [0.1, 0.15) is 123 Å². The van der Waals surface area contributed by atoms with Crippen molar-refractivity contribution in [2.75, 3.05) is 5.75 Å². The molecule has 10 rings (SSSR count). The number of aliphatic carboxylic acids is 1. The summed E-state index contributed by atoms with van der Waals surface area (Å²) in [7, 11) is 0. The Kier molecular flexibility index (Phi) is 25.6. The molecule has 5 aliphatic rings. The standard InChI is InChI=1S/C69H76N18O18S6/c1-13-36-61-80-42(21-107-61)58(99)86-50(68(12,104)33(11)90)64-82-44(23-110-64)60(106)85-46-32(10)105-66(103)39-18-35(30(8)88)34-14-15-37(48(91)47(34)76-39)70-24(2)51(92)71-25(3)52(93)72-26(4)53(94)73-28(6)55(96)87-69(67-83-43(22-111-67)57(98)84-45(31(9)89)59(100)78-36)17-16-38(77-49(69)40-19-109-63(46)79-40)62-81-41(20-108-62)56(97)74-27(5)54(95)75-29(7)65(101)102/h13-15,18-20,22-24,30-33,37-38,42,45-46,48-50,70,77,88-91,104H,3-7,16-17,21H2,1-2,8-12H3,(H,71,92)(H,72,93)(H,73,94)(H,74,97)(H,75,95)(H,78,100)(H,84,98)(H,85,106)(H,86,99)(H,87,96)(H,101,102)/b36-13+/t24-,30-,31+,32-,33+,37+,38+,42-,45-,46-,48-,49+,50+,68+,69+/m0/s1. The monoisotopic (exact) mass is 1640 g/mol. The van der Waals surface area contributed by atoms with E-state index in [9.17, 15) is 86.2 Å². The zero-order chi connectivity index (χ0) is 81.2. The molecular formula is C69H76N18O18S6. The molecule has 9 heterocycles. The molecule has 36 nitrogen and oxygen atoms in total. The van der Waals surface area contributed by atoms with Crippen LogP contribution < -0.4 is 10.6 Å². The quantitative estimate of drug-likeness (QED) is 0.0205. The Hall–Kier alpha value is -10.2. The highest BCUT2D eigenvalue weighted by Crippen LogP contribution is 2.51. The number of hydrogen-bond acceptors (Lipinski definition) is 31. The number of thioether (sulfide) groups is 1. The van der Waals surface area contributed by atoms with E-state index in [-0.39, 0.29) is 94.0 Å². The summed E-state index contributed by atoms with van der Waals surface area (Å²) in [6.07, 6.45) is -3.12. The lowest BCUT2D eigenvalue weighted by Gasteiger charge is -2.42. The normalized spacial score (nSPS) is 26.9. The second-order valence-electron chi connectivity index (χ2n) is 25.7. The summed E-state index contributed by atoms with van der Waals surface area (Å²) >= 11 is 9.72. The van der Waals surface area contributed by atoms with Crippen LogP contribution in [0.5, 0.6) is 0 Å². The van der Waals surface area contributed by atoms with E-state index in [0.717, 1.165) is 57.1 Å². The number of cyclic esters (lactones) is 1. The SMILES string of the molecule is C=C(N=C(O)C(=C)N=C(O)c1csc([C@H]2CC[C@]34N=C(O)C(=C)N=C(O)C(=C)N=C(O)C(=C)N=C(O)[C@H](C)N[C@@H]5C=Cc6c([C@H](C)O)cc(nc6[C@H]5O)C(=O)O[C@@H](C)[C@H](N=C(S)c5csc(n5)[C@H]([C@](C)(O)[C@@H](C)O)N=C(O)[C@@H]5CSC(=N5)/C(=C\C)N=C(O)[C@H]([C@@H](C)O)N=C(O)c5csc3n5)c3nc(cs3)[C@H]4N2)n1)C(=O)O. The number of rotatable bonds is 10. The highest BCUT2D eigenvalue weighted by molar-refractivity contribution is 8.14. The lowest BCUT2D eigenvalue weighted by molar-refractivity contribution is -0.132. The lowest BCUT2D eigenvalue weighted by Crippen LogP contribution is -2.47. The van der Waals surface area contributed by atoms with Crippen LogP contribution in [0.15, 0.2) is 162 Å². The number of esters is 1. The summed E-state index contributed by atoms with van der Waals surface area (Å²) in [6.45, 7) is 27.8. The predicted molar refractivity (Wildman–Crippen MR) is 426 cm³/mol. The smallest absolute Gasteiger partial charge is 0.357 e. The summed E-state index contributed by atoms with van der Waals surface area (Å²) < 4.78 is 6.30. The van der Waals surface area contributed by atoms with Gasteiger partial charge < -0.3 is 81.3 Å². The topological polar surface area (TPSA) is 571 Å². The summed E-state index contributed by atoms with van der Waals surface area (Å²) in [4.78, 5) is 97.4. The predicted octanol–water partition coefficient (Wildman–Crippen LogP) is 8.42. The number of pyridine rings is 1. The van der Waals surface area contributed by atoms with Gasteiger partial charge in [-0.15, -0.1) is 69.7 Å². The van der Waals surface area contributed by atoms with Crippen LogP contribution in [0.25, 0.3) is 6.08 Å². The van der Waals surface area contributed by atoms with Crippen molar-refractivity contribution >= 4 is 151 Å². The highest BCUT2D eigenvalue weighted by atomic mass is 32.2. The Bertz CT molecular complexity index is 5020. The minimum atomic E-state index is -2.15. The minimum absolute atomic E-state index is 0.0222. The maximum absolute atomic E-state index is 15.0. The Labute approximate surface area is 657 Å². The molecule has 15 atom stereocenters. The molecule has 0 saturated carbocycles. The Morgan fingerprint density at radius 2 is 1.42 bits per heavy atom. The van der Waals surface area contributed by atoms with E-state index in [1.807, 2.05) is 0 Å². The molecule has 1 fully saturated rings. The number of fused-ring (bicyclic) bond motifs is 7. The third kappa shape index (κ3) is 18.2. The van der Waals surface area contributed by atoms with E-state index in [4.69, 9.17) is 42.3 Å². The molecule has 0 spiro atoms. The summed E-state index contributed by atoms with van der Waals surface area (Å²) in [6, 6.07) is -9.04. The van der Waals surface area contributed by atoms with Crippen LogP contribution in [-0.4, -0.2) is 230 Å². The van der Waals surface area contributed by atoms with E-state index in [0.29, 0.717) is 0 Å². The number of aliphatic hydroxyl groups is 14. The fourth-order valence-corrected chi connectivity index (χ4v) is 16.6. The summed E-state index contributed by atoms with van der Waals surface area (Å²) in [5.74, 6) is -10.5. The minimum Gasteiger partial charge on any atom is -0.495 e. The van der Waals surface area contributed by atoms with Gasteiger partial charge in [-0.2, -0.15) is 0 Å². The van der Waals surface area contributed by atoms with Crippen molar-refractivity contribution in [2.45, 2.75) is 151 Å². The van der Waals surface area contributed by atoms with Crippen molar-refractivity contribution in [1.82, 2.24) is 35.6 Å². The van der Waals surface area contributed by atoms with Crippen LogP contribution in [0.1, 0.15) is 168 Å². The number of ether oxygens (including phenoxy) is 1. The Morgan fingerprint density at radius 1 is 0.757 bits per heavy atom. The molecular weight excluding hydrogens is 1560 g/mol. The number of thiol groups is 1. The third-order valence-electron chi connectivity index (χ3n) is 17.7.